The standard InChI is InChI=1S/C23H34F6N4O3/c1-5-7-8-19(13-33(9-6-2)14-20(30)31-32-21(34)35-4)36-15(3)16-10-17(22(24,25)26)12-18(11-16)23(27,28)29/h10-12,15,19H,5-9,13-14H2,1-4H3,(H2,30,31)(H,32,34)/t15-,19+/m1/s1. The van der Waals surface area contributed by atoms with E-state index in [0.717, 1.165) is 19.3 Å². The van der Waals surface area contributed by atoms with Crippen LogP contribution >= 0.6 is 0 Å². The van der Waals surface area contributed by atoms with Crippen LogP contribution in [-0.2, 0) is 21.8 Å². The molecule has 7 nitrogen and oxygen atoms in total. The zero-order valence-corrected chi connectivity index (χ0v) is 20.8. The largest absolute Gasteiger partial charge is 0.452 e. The van der Waals surface area contributed by atoms with Gasteiger partial charge in [0.1, 0.15) is 5.84 Å². The molecule has 13 heteroatoms. The first-order chi connectivity index (χ1) is 16.7. The number of nitrogens with two attached hydrogens (primary N) is 1. The van der Waals surface area contributed by atoms with Crippen molar-refractivity contribution >= 4 is 11.9 Å². The first-order valence-electron chi connectivity index (χ1n) is 11.5. The van der Waals surface area contributed by atoms with Crippen LogP contribution in [0.3, 0.4) is 0 Å². The number of hydrogen-bond donors (Lipinski definition) is 2. The van der Waals surface area contributed by atoms with E-state index >= 15 is 0 Å². The number of ether oxygens (including phenoxy) is 2. The van der Waals surface area contributed by atoms with Crippen molar-refractivity contribution < 1.29 is 40.6 Å². The predicted molar refractivity (Wildman–Crippen MR) is 123 cm³/mol. The number of amidine groups is 1. The summed E-state index contributed by atoms with van der Waals surface area (Å²) in [5.74, 6) is 0.0869. The third-order valence-corrected chi connectivity index (χ3v) is 5.22. The Morgan fingerprint density at radius 1 is 1.08 bits per heavy atom. The minimum atomic E-state index is -4.94. The van der Waals surface area contributed by atoms with Crippen molar-refractivity contribution in [2.45, 2.75) is 71.0 Å². The molecule has 36 heavy (non-hydrogen) atoms. The van der Waals surface area contributed by atoms with Gasteiger partial charge in [-0.05, 0) is 50.1 Å². The van der Waals surface area contributed by atoms with Gasteiger partial charge < -0.3 is 15.2 Å². The number of carbonyl (C=O) groups is 1. The summed E-state index contributed by atoms with van der Waals surface area (Å²) in [6.45, 7) is 6.33. The molecule has 0 radical (unpaired) electrons. The first kappa shape index (κ1) is 31.5. The second-order valence-corrected chi connectivity index (χ2v) is 8.32. The van der Waals surface area contributed by atoms with E-state index in [9.17, 15) is 31.1 Å². The van der Waals surface area contributed by atoms with Gasteiger partial charge in [0.05, 0.1) is 37.0 Å². The monoisotopic (exact) mass is 528 g/mol. The van der Waals surface area contributed by atoms with Crippen molar-refractivity contribution in [1.29, 1.82) is 0 Å². The van der Waals surface area contributed by atoms with Gasteiger partial charge in [0.15, 0.2) is 0 Å². The number of alkyl halides is 6. The molecule has 1 aromatic carbocycles. The number of amides is 1. The Labute approximate surface area is 207 Å². The molecule has 206 valence electrons. The van der Waals surface area contributed by atoms with Gasteiger partial charge in [-0.25, -0.2) is 10.2 Å². The molecule has 0 bridgehead atoms. The van der Waals surface area contributed by atoms with Crippen LogP contribution in [-0.4, -0.2) is 49.7 Å². The fourth-order valence-corrected chi connectivity index (χ4v) is 3.48. The fraction of sp³-hybridized carbons (Fsp3) is 0.652. The predicted octanol–water partition coefficient (Wildman–Crippen LogP) is 5.70. The molecule has 1 aromatic rings. The van der Waals surface area contributed by atoms with E-state index in [0.29, 0.717) is 31.6 Å². The van der Waals surface area contributed by atoms with E-state index < -0.39 is 41.8 Å². The van der Waals surface area contributed by atoms with Crippen LogP contribution in [0.25, 0.3) is 0 Å². The summed E-state index contributed by atoms with van der Waals surface area (Å²) >= 11 is 0. The number of carbonyl (C=O) groups excluding carboxylic acids is 1. The second kappa shape index (κ2) is 14.3. The molecule has 0 aliphatic carbocycles. The Morgan fingerprint density at radius 3 is 2.14 bits per heavy atom. The Balaban J connectivity index is 3.13. The molecular formula is C23H34F6N4O3. The smallest absolute Gasteiger partial charge is 0.427 e. The van der Waals surface area contributed by atoms with Gasteiger partial charge in [0.2, 0.25) is 0 Å². The average molecular weight is 529 g/mol. The lowest BCUT2D eigenvalue weighted by molar-refractivity contribution is -0.143. The zero-order valence-electron chi connectivity index (χ0n) is 20.8. The minimum absolute atomic E-state index is 0.0869. The fourth-order valence-electron chi connectivity index (χ4n) is 3.48. The Hall–Kier alpha value is -2.54. The van der Waals surface area contributed by atoms with E-state index in [1.807, 2.05) is 18.7 Å². The molecule has 1 rings (SSSR count). The topological polar surface area (TPSA) is 89.2 Å². The van der Waals surface area contributed by atoms with Crippen LogP contribution in [0.2, 0.25) is 0 Å². The number of rotatable bonds is 13. The molecule has 1 amide bonds. The molecule has 2 atom stereocenters. The highest BCUT2D eigenvalue weighted by Crippen LogP contribution is 2.38. The van der Waals surface area contributed by atoms with Crippen LogP contribution in [0, 0.1) is 0 Å². The summed E-state index contributed by atoms with van der Waals surface area (Å²) in [4.78, 5) is 13.1. The highest BCUT2D eigenvalue weighted by molar-refractivity contribution is 5.83. The van der Waals surface area contributed by atoms with Gasteiger partial charge in [0.25, 0.3) is 0 Å². The summed E-state index contributed by atoms with van der Waals surface area (Å²) < 4.78 is 90.0. The van der Waals surface area contributed by atoms with Crippen molar-refractivity contribution in [3.8, 4) is 0 Å². The Morgan fingerprint density at radius 2 is 1.67 bits per heavy atom. The minimum Gasteiger partial charge on any atom is -0.452 e. The Kier molecular flexibility index (Phi) is 12.5. The molecule has 3 N–H and O–H groups in total. The molecule has 0 aliphatic heterocycles. The maximum atomic E-state index is 13.3. The van der Waals surface area contributed by atoms with E-state index in [4.69, 9.17) is 10.5 Å². The van der Waals surface area contributed by atoms with Crippen LogP contribution in [0.15, 0.2) is 23.3 Å². The van der Waals surface area contributed by atoms with Crippen molar-refractivity contribution in [2.75, 3.05) is 26.7 Å². The average Bonchev–Trinajstić information content (AvgIpc) is 2.79. The second-order valence-electron chi connectivity index (χ2n) is 8.32. The van der Waals surface area contributed by atoms with Crippen LogP contribution in [0.1, 0.15) is 69.2 Å². The summed E-state index contributed by atoms with van der Waals surface area (Å²) in [5, 5.41) is 3.73. The Bertz CT molecular complexity index is 829. The highest BCUT2D eigenvalue weighted by Gasteiger charge is 2.37. The number of hydrazone groups is 1. The SMILES string of the molecule is CCCC[C@@H](CN(CCC)C/C(N)=N/NC(=O)OC)O[C@H](C)c1cc(C(F)(F)F)cc(C(F)(F)F)c1. The van der Waals surface area contributed by atoms with Crippen molar-refractivity contribution in [2.24, 2.45) is 10.8 Å². The van der Waals surface area contributed by atoms with Gasteiger partial charge in [-0.3, -0.25) is 4.90 Å². The normalized spacial score (nSPS) is 14.6. The van der Waals surface area contributed by atoms with Crippen molar-refractivity contribution in [1.82, 2.24) is 10.3 Å². The van der Waals surface area contributed by atoms with Crippen molar-refractivity contribution in [3.63, 3.8) is 0 Å². The third kappa shape index (κ3) is 11.0. The molecule has 0 aromatic heterocycles. The van der Waals surface area contributed by atoms with E-state index in [2.05, 4.69) is 15.3 Å². The van der Waals surface area contributed by atoms with E-state index in [1.165, 1.54) is 14.0 Å². The van der Waals surface area contributed by atoms with Gasteiger partial charge in [-0.15, -0.1) is 0 Å². The maximum Gasteiger partial charge on any atom is 0.427 e. The molecule has 0 fully saturated rings. The van der Waals surface area contributed by atoms with E-state index in [1.54, 1.807) is 0 Å². The van der Waals surface area contributed by atoms with Crippen molar-refractivity contribution in [3.05, 3.63) is 34.9 Å². The quantitative estimate of drug-likeness (QED) is 0.148. The molecule has 0 heterocycles. The number of methoxy groups -OCH3 is 1. The molecule has 0 unspecified atom stereocenters. The maximum absolute atomic E-state index is 13.3. The zero-order chi connectivity index (χ0) is 27.5. The number of unbranched alkanes of at least 4 members (excludes halogenated alkanes) is 1. The number of hydrogen-bond acceptors (Lipinski definition) is 5. The number of benzene rings is 1. The lowest BCUT2D eigenvalue weighted by Gasteiger charge is -2.29. The van der Waals surface area contributed by atoms with Gasteiger partial charge in [-0.1, -0.05) is 26.7 Å². The van der Waals surface area contributed by atoms with Gasteiger partial charge in [0, 0.05) is 6.54 Å². The third-order valence-electron chi connectivity index (χ3n) is 5.22. The summed E-state index contributed by atoms with van der Waals surface area (Å²) in [5.41, 5.74) is 5.00. The number of halogens is 6. The molecule has 0 saturated heterocycles. The lowest BCUT2D eigenvalue weighted by atomic mass is 10.0. The first-order valence-corrected chi connectivity index (χ1v) is 11.5. The molecular weight excluding hydrogens is 494 g/mol. The number of nitrogens with one attached hydrogen (secondary N) is 1. The summed E-state index contributed by atoms with van der Waals surface area (Å²) in [6, 6.07) is 1.46. The summed E-state index contributed by atoms with van der Waals surface area (Å²) in [6.07, 6.45) is -9.40. The molecule has 0 aliphatic rings. The van der Waals surface area contributed by atoms with Crippen LogP contribution in [0.4, 0.5) is 31.1 Å². The van der Waals surface area contributed by atoms with Crippen LogP contribution < -0.4 is 11.2 Å². The van der Waals surface area contributed by atoms with Crippen LogP contribution in [0.5, 0.6) is 0 Å². The molecule has 0 spiro atoms. The van der Waals surface area contributed by atoms with Gasteiger partial charge >= 0.3 is 18.4 Å². The molecule has 0 saturated carbocycles. The number of nitrogens with zero attached hydrogens (tertiary/aromatic N) is 2. The van der Waals surface area contributed by atoms with Gasteiger partial charge in [-0.2, -0.15) is 31.4 Å². The lowest BCUT2D eigenvalue weighted by Crippen LogP contribution is -2.41. The van der Waals surface area contributed by atoms with E-state index in [-0.39, 0.29) is 24.0 Å². The highest BCUT2D eigenvalue weighted by atomic mass is 19.4. The summed E-state index contributed by atoms with van der Waals surface area (Å²) in [7, 11) is 1.17.